The fourth-order valence-corrected chi connectivity index (χ4v) is 3.78. The first kappa shape index (κ1) is 20.1. The lowest BCUT2D eigenvalue weighted by Gasteiger charge is -2.14. The quantitative estimate of drug-likeness (QED) is 0.725. The molecule has 0 radical (unpaired) electrons. The Hall–Kier alpha value is -2.23. The first-order valence-corrected chi connectivity index (χ1v) is 10.1. The second-order valence-electron chi connectivity index (χ2n) is 5.81. The van der Waals surface area contributed by atoms with E-state index in [1.54, 1.807) is 25.1 Å². The van der Waals surface area contributed by atoms with E-state index >= 15 is 0 Å². The van der Waals surface area contributed by atoms with Crippen LogP contribution in [0.5, 0.6) is 0 Å². The molecule has 1 heterocycles. The molecule has 1 amide bonds. The molecule has 1 aromatic carbocycles. The number of primary sulfonamides is 1. The number of carbonyl (C=O) groups is 2. The van der Waals surface area contributed by atoms with Crippen molar-refractivity contribution in [1.29, 1.82) is 0 Å². The van der Waals surface area contributed by atoms with E-state index in [1.807, 2.05) is 13.8 Å². The van der Waals surface area contributed by atoms with Gasteiger partial charge in [0.25, 0.3) is 5.91 Å². The second-order valence-corrected chi connectivity index (χ2v) is 8.83. The molecule has 1 atom stereocenters. The second kappa shape index (κ2) is 7.98. The highest BCUT2D eigenvalue weighted by molar-refractivity contribution is 7.89. The summed E-state index contributed by atoms with van der Waals surface area (Å²) in [7, 11) is -3.76. The molecule has 0 bridgehead atoms. The van der Waals surface area contributed by atoms with Crippen LogP contribution in [0.1, 0.15) is 38.6 Å². The molecule has 140 valence electrons. The number of nitrogens with one attached hydrogen (secondary N) is 1. The Morgan fingerprint density at radius 2 is 1.85 bits per heavy atom. The number of aryl methyl sites for hydroxylation is 2. The molecule has 0 aliphatic heterocycles. The van der Waals surface area contributed by atoms with Crippen LogP contribution in [0.15, 0.2) is 35.2 Å². The third-order valence-electron chi connectivity index (χ3n) is 3.68. The van der Waals surface area contributed by atoms with Gasteiger partial charge in [0.05, 0.1) is 16.5 Å². The largest absolute Gasteiger partial charge is 0.452 e. The molecular weight excluding hydrogens is 376 g/mol. The van der Waals surface area contributed by atoms with Crippen molar-refractivity contribution in [2.75, 3.05) is 6.61 Å². The number of carbonyl (C=O) groups excluding carboxylic acids is 2. The fraction of sp³-hybridized carbons (Fsp3) is 0.294. The third kappa shape index (κ3) is 5.13. The van der Waals surface area contributed by atoms with E-state index in [-0.39, 0.29) is 10.9 Å². The molecule has 0 spiro atoms. The molecule has 3 N–H and O–H groups in total. The number of amides is 1. The van der Waals surface area contributed by atoms with Crippen LogP contribution >= 0.6 is 11.3 Å². The van der Waals surface area contributed by atoms with Crippen LogP contribution in [0.2, 0.25) is 0 Å². The summed E-state index contributed by atoms with van der Waals surface area (Å²) < 4.78 is 27.5. The minimum absolute atomic E-state index is 0.00451. The molecule has 1 aromatic heterocycles. The number of esters is 1. The average molecular weight is 396 g/mol. The number of ether oxygens (including phenoxy) is 1. The Morgan fingerprint density at radius 3 is 2.35 bits per heavy atom. The van der Waals surface area contributed by atoms with Gasteiger partial charge >= 0.3 is 5.97 Å². The van der Waals surface area contributed by atoms with Gasteiger partial charge in [-0.25, -0.2) is 18.4 Å². The number of hydrogen-bond donors (Lipinski definition) is 2. The van der Waals surface area contributed by atoms with E-state index < -0.39 is 28.5 Å². The Morgan fingerprint density at radius 1 is 1.23 bits per heavy atom. The number of hydrogen-bond acceptors (Lipinski definition) is 6. The highest BCUT2D eigenvalue weighted by atomic mass is 32.2. The lowest BCUT2D eigenvalue weighted by Crippen LogP contribution is -2.31. The highest BCUT2D eigenvalue weighted by Crippen LogP contribution is 2.21. The molecule has 7 nitrogen and oxygen atoms in total. The summed E-state index contributed by atoms with van der Waals surface area (Å²) in [5.41, 5.74) is 1.16. The topological polar surface area (TPSA) is 116 Å². The van der Waals surface area contributed by atoms with Gasteiger partial charge in [0.1, 0.15) is 0 Å². The summed E-state index contributed by atoms with van der Waals surface area (Å²) in [6.07, 6.45) is 0. The van der Waals surface area contributed by atoms with Crippen LogP contribution in [0.3, 0.4) is 0 Å². The van der Waals surface area contributed by atoms with Gasteiger partial charge in [-0.2, -0.15) is 0 Å². The molecule has 9 heteroatoms. The van der Waals surface area contributed by atoms with E-state index in [4.69, 9.17) is 9.88 Å². The molecular formula is C17H20N2O5S2. The van der Waals surface area contributed by atoms with E-state index in [9.17, 15) is 18.0 Å². The van der Waals surface area contributed by atoms with Crippen LogP contribution < -0.4 is 10.5 Å². The van der Waals surface area contributed by atoms with Gasteiger partial charge in [-0.3, -0.25) is 4.79 Å². The first-order chi connectivity index (χ1) is 12.1. The Kier molecular flexibility index (Phi) is 6.17. The maximum atomic E-state index is 12.0. The van der Waals surface area contributed by atoms with Crippen LogP contribution in [-0.4, -0.2) is 26.9 Å². The summed E-state index contributed by atoms with van der Waals surface area (Å²) in [4.78, 5) is 25.8. The van der Waals surface area contributed by atoms with Crippen molar-refractivity contribution in [3.8, 4) is 0 Å². The van der Waals surface area contributed by atoms with E-state index in [2.05, 4.69) is 5.32 Å². The first-order valence-electron chi connectivity index (χ1n) is 7.74. The minimum atomic E-state index is -3.76. The molecule has 0 unspecified atom stereocenters. The zero-order valence-electron chi connectivity index (χ0n) is 14.6. The van der Waals surface area contributed by atoms with Crippen molar-refractivity contribution in [2.45, 2.75) is 31.7 Å². The van der Waals surface area contributed by atoms with Crippen molar-refractivity contribution in [3.05, 3.63) is 51.2 Å². The lowest BCUT2D eigenvalue weighted by atomic mass is 10.1. The molecule has 26 heavy (non-hydrogen) atoms. The number of nitrogens with two attached hydrogens (primary N) is 1. The fourth-order valence-electron chi connectivity index (χ4n) is 2.35. The zero-order valence-corrected chi connectivity index (χ0v) is 16.2. The van der Waals surface area contributed by atoms with Crippen molar-refractivity contribution in [3.63, 3.8) is 0 Å². The standard InChI is InChI=1S/C17H20N2O5S2/c1-10-8-15(12(3)25-10)17(21)24-9-16(20)19-11(2)13-4-6-14(7-5-13)26(18,22)23/h4-8,11H,9H2,1-3H3,(H,19,20)(H2,18,22,23)/t11-/m0/s1. The highest BCUT2D eigenvalue weighted by Gasteiger charge is 2.16. The maximum Gasteiger partial charge on any atom is 0.339 e. The van der Waals surface area contributed by atoms with Gasteiger partial charge in [0, 0.05) is 9.75 Å². The van der Waals surface area contributed by atoms with Crippen LogP contribution in [0.25, 0.3) is 0 Å². The van der Waals surface area contributed by atoms with E-state index in [1.165, 1.54) is 23.5 Å². The third-order valence-corrected chi connectivity index (χ3v) is 5.58. The Bertz CT molecular complexity index is 917. The van der Waals surface area contributed by atoms with Crippen molar-refractivity contribution < 1.29 is 22.7 Å². The Balaban J connectivity index is 1.91. The summed E-state index contributed by atoms with van der Waals surface area (Å²) >= 11 is 1.49. The van der Waals surface area contributed by atoms with Crippen LogP contribution in [0.4, 0.5) is 0 Å². The van der Waals surface area contributed by atoms with Gasteiger partial charge in [-0.05, 0) is 44.5 Å². The average Bonchev–Trinajstić information content (AvgIpc) is 2.90. The number of thiophene rings is 1. The summed E-state index contributed by atoms with van der Waals surface area (Å²) in [5.74, 6) is -0.988. The number of benzene rings is 1. The van der Waals surface area contributed by atoms with E-state index in [0.717, 1.165) is 9.75 Å². The monoisotopic (exact) mass is 396 g/mol. The van der Waals surface area contributed by atoms with Crippen molar-refractivity contribution >= 4 is 33.2 Å². The van der Waals surface area contributed by atoms with Crippen molar-refractivity contribution in [1.82, 2.24) is 5.32 Å². The Labute approximate surface area is 156 Å². The SMILES string of the molecule is Cc1cc(C(=O)OCC(=O)N[C@@H](C)c2ccc(S(N)(=O)=O)cc2)c(C)s1. The maximum absolute atomic E-state index is 12.0. The van der Waals surface area contributed by atoms with Gasteiger partial charge in [-0.15, -0.1) is 11.3 Å². The lowest BCUT2D eigenvalue weighted by molar-refractivity contribution is -0.124. The normalized spacial score (nSPS) is 12.5. The van der Waals surface area contributed by atoms with Gasteiger partial charge in [-0.1, -0.05) is 12.1 Å². The molecule has 0 aliphatic carbocycles. The minimum Gasteiger partial charge on any atom is -0.452 e. The molecule has 0 fully saturated rings. The number of rotatable bonds is 6. The predicted octanol–water partition coefficient (Wildman–Crippen LogP) is 2.05. The molecule has 0 saturated heterocycles. The molecule has 2 aromatic rings. The summed E-state index contributed by atoms with van der Waals surface area (Å²) in [6.45, 7) is 5.05. The summed E-state index contributed by atoms with van der Waals surface area (Å²) in [6, 6.07) is 7.21. The smallest absolute Gasteiger partial charge is 0.339 e. The zero-order chi connectivity index (χ0) is 19.5. The predicted molar refractivity (Wildman–Crippen MR) is 98.4 cm³/mol. The van der Waals surface area contributed by atoms with Gasteiger partial charge < -0.3 is 10.1 Å². The number of sulfonamides is 1. The summed E-state index contributed by atoms with van der Waals surface area (Å²) in [5, 5.41) is 7.73. The van der Waals surface area contributed by atoms with Crippen molar-refractivity contribution in [2.24, 2.45) is 5.14 Å². The van der Waals surface area contributed by atoms with E-state index in [0.29, 0.717) is 11.1 Å². The molecule has 0 saturated carbocycles. The van der Waals surface area contributed by atoms with Crippen LogP contribution in [-0.2, 0) is 19.6 Å². The van der Waals surface area contributed by atoms with Gasteiger partial charge in [0.2, 0.25) is 10.0 Å². The van der Waals surface area contributed by atoms with Crippen LogP contribution in [0, 0.1) is 13.8 Å². The van der Waals surface area contributed by atoms with Gasteiger partial charge in [0.15, 0.2) is 6.61 Å². The molecule has 0 aliphatic rings. The molecule has 2 rings (SSSR count).